The van der Waals surface area contributed by atoms with E-state index in [1.165, 1.54) is 5.56 Å². The summed E-state index contributed by atoms with van der Waals surface area (Å²) >= 11 is 0. The first-order valence-electron chi connectivity index (χ1n) is 7.76. The molecule has 1 fully saturated rings. The van der Waals surface area contributed by atoms with Crippen LogP contribution in [0.4, 0.5) is 0 Å². The average Bonchev–Trinajstić information content (AvgIpc) is 2.96. The molecule has 1 atom stereocenters. The van der Waals surface area contributed by atoms with Crippen molar-refractivity contribution in [3.8, 4) is 0 Å². The van der Waals surface area contributed by atoms with E-state index in [2.05, 4.69) is 27.9 Å². The fraction of sp³-hybridized carbons (Fsp3) is 0.412. The lowest BCUT2D eigenvalue weighted by atomic mass is 9.88. The van der Waals surface area contributed by atoms with Crippen LogP contribution in [0.25, 0.3) is 0 Å². The molecular weight excluding hydrogens is 276 g/mol. The van der Waals surface area contributed by atoms with E-state index in [0.29, 0.717) is 12.5 Å². The van der Waals surface area contributed by atoms with Gasteiger partial charge in [-0.15, -0.1) is 0 Å². The molecule has 2 aromatic rings. The number of aromatic nitrogens is 2. The normalized spacial score (nSPS) is 16.0. The molecule has 5 nitrogen and oxygen atoms in total. The summed E-state index contributed by atoms with van der Waals surface area (Å²) in [7, 11) is 0. The van der Waals surface area contributed by atoms with Gasteiger partial charge in [0.15, 0.2) is 0 Å². The quantitative estimate of drug-likeness (QED) is 0.847. The molecular formula is C17H22N4O. The Morgan fingerprint density at radius 2 is 2.23 bits per heavy atom. The maximum Gasteiger partial charge on any atom is 0.223 e. The highest BCUT2D eigenvalue weighted by atomic mass is 16.1. The Hall–Kier alpha value is -2.14. The van der Waals surface area contributed by atoms with Gasteiger partial charge < -0.3 is 10.6 Å². The second kappa shape index (κ2) is 6.75. The standard InChI is InChI=1S/C17H22N4O/c1-13(16-10-18-11-16)17(22)19-9-14-4-2-5-15(8-14)12-21-7-3-6-20-21/h2-8,13,16,18H,9-12H2,1H3,(H,19,22). The molecule has 0 aliphatic carbocycles. The summed E-state index contributed by atoms with van der Waals surface area (Å²) in [5.74, 6) is 0.698. The van der Waals surface area contributed by atoms with Crippen molar-refractivity contribution in [2.24, 2.45) is 11.8 Å². The van der Waals surface area contributed by atoms with Crippen molar-refractivity contribution in [1.82, 2.24) is 20.4 Å². The number of rotatable bonds is 6. The van der Waals surface area contributed by atoms with Crippen LogP contribution in [0.1, 0.15) is 18.1 Å². The molecule has 1 aromatic carbocycles. The number of carbonyl (C=O) groups is 1. The van der Waals surface area contributed by atoms with Crippen LogP contribution in [-0.4, -0.2) is 28.8 Å². The first-order chi connectivity index (χ1) is 10.7. The molecule has 5 heteroatoms. The number of hydrogen-bond acceptors (Lipinski definition) is 3. The van der Waals surface area contributed by atoms with Crippen molar-refractivity contribution < 1.29 is 4.79 Å². The van der Waals surface area contributed by atoms with Crippen LogP contribution >= 0.6 is 0 Å². The highest BCUT2D eigenvalue weighted by Crippen LogP contribution is 2.16. The summed E-state index contributed by atoms with van der Waals surface area (Å²) in [6, 6.07) is 10.2. The van der Waals surface area contributed by atoms with Crippen LogP contribution in [0, 0.1) is 11.8 Å². The maximum atomic E-state index is 12.1. The van der Waals surface area contributed by atoms with Gasteiger partial charge in [-0.3, -0.25) is 9.48 Å². The molecule has 0 spiro atoms. The Balaban J connectivity index is 1.54. The largest absolute Gasteiger partial charge is 0.352 e. The lowest BCUT2D eigenvalue weighted by molar-refractivity contribution is -0.126. The average molecular weight is 298 g/mol. The predicted molar refractivity (Wildman–Crippen MR) is 85.1 cm³/mol. The van der Waals surface area contributed by atoms with Gasteiger partial charge in [0.05, 0.1) is 6.54 Å². The summed E-state index contributed by atoms with van der Waals surface area (Å²) in [6.07, 6.45) is 3.73. The van der Waals surface area contributed by atoms with Gasteiger partial charge in [0.2, 0.25) is 5.91 Å². The molecule has 0 bridgehead atoms. The molecule has 0 saturated carbocycles. The van der Waals surface area contributed by atoms with Gasteiger partial charge >= 0.3 is 0 Å². The minimum absolute atomic E-state index is 0.0773. The zero-order chi connectivity index (χ0) is 15.4. The third-order valence-corrected chi connectivity index (χ3v) is 4.30. The van der Waals surface area contributed by atoms with Crippen molar-refractivity contribution >= 4 is 5.91 Å². The first-order valence-corrected chi connectivity index (χ1v) is 7.76. The molecule has 1 aromatic heterocycles. The van der Waals surface area contributed by atoms with Crippen molar-refractivity contribution in [2.75, 3.05) is 13.1 Å². The van der Waals surface area contributed by atoms with Gasteiger partial charge in [-0.1, -0.05) is 31.2 Å². The van der Waals surface area contributed by atoms with Gasteiger partial charge in [-0.05, 0) is 36.2 Å². The van der Waals surface area contributed by atoms with Crippen LogP contribution in [0.2, 0.25) is 0 Å². The molecule has 2 heterocycles. The van der Waals surface area contributed by atoms with E-state index in [0.717, 1.165) is 25.2 Å². The lowest BCUT2D eigenvalue weighted by Gasteiger charge is -2.31. The molecule has 116 valence electrons. The molecule has 1 saturated heterocycles. The highest BCUT2D eigenvalue weighted by Gasteiger charge is 2.28. The summed E-state index contributed by atoms with van der Waals surface area (Å²) in [4.78, 5) is 12.1. The minimum Gasteiger partial charge on any atom is -0.352 e. The Labute approximate surface area is 130 Å². The zero-order valence-electron chi connectivity index (χ0n) is 12.8. The van der Waals surface area contributed by atoms with Crippen molar-refractivity contribution in [1.29, 1.82) is 0 Å². The van der Waals surface area contributed by atoms with E-state index in [-0.39, 0.29) is 11.8 Å². The van der Waals surface area contributed by atoms with Crippen LogP contribution in [0.5, 0.6) is 0 Å². The Morgan fingerprint density at radius 1 is 1.41 bits per heavy atom. The van der Waals surface area contributed by atoms with E-state index in [4.69, 9.17) is 0 Å². The summed E-state index contributed by atoms with van der Waals surface area (Å²) < 4.78 is 1.89. The maximum absolute atomic E-state index is 12.1. The number of carbonyl (C=O) groups excluding carboxylic acids is 1. The summed E-state index contributed by atoms with van der Waals surface area (Å²) in [5, 5.41) is 10.5. The van der Waals surface area contributed by atoms with Crippen molar-refractivity contribution in [3.63, 3.8) is 0 Å². The van der Waals surface area contributed by atoms with Crippen molar-refractivity contribution in [3.05, 3.63) is 53.9 Å². The Bertz CT molecular complexity index is 619. The third-order valence-electron chi connectivity index (χ3n) is 4.30. The SMILES string of the molecule is CC(C(=O)NCc1cccc(Cn2cccn2)c1)C1CNC1. The van der Waals surface area contributed by atoms with E-state index >= 15 is 0 Å². The van der Waals surface area contributed by atoms with E-state index in [1.807, 2.05) is 36.0 Å². The first kappa shape index (κ1) is 14.8. The molecule has 1 aliphatic rings. The zero-order valence-corrected chi connectivity index (χ0v) is 12.8. The third kappa shape index (κ3) is 3.54. The van der Waals surface area contributed by atoms with Crippen LogP contribution in [0.15, 0.2) is 42.7 Å². The van der Waals surface area contributed by atoms with E-state index in [1.54, 1.807) is 6.20 Å². The smallest absolute Gasteiger partial charge is 0.223 e. The van der Waals surface area contributed by atoms with E-state index < -0.39 is 0 Å². The summed E-state index contributed by atoms with van der Waals surface area (Å²) in [6.45, 7) is 5.24. The van der Waals surface area contributed by atoms with Crippen LogP contribution < -0.4 is 10.6 Å². The second-order valence-corrected chi connectivity index (χ2v) is 5.95. The number of benzene rings is 1. The van der Waals surface area contributed by atoms with Crippen molar-refractivity contribution in [2.45, 2.75) is 20.0 Å². The molecule has 0 radical (unpaired) electrons. The van der Waals surface area contributed by atoms with Crippen LogP contribution in [0.3, 0.4) is 0 Å². The molecule has 1 amide bonds. The second-order valence-electron chi connectivity index (χ2n) is 5.95. The molecule has 3 rings (SSSR count). The monoisotopic (exact) mass is 298 g/mol. The summed E-state index contributed by atoms with van der Waals surface area (Å²) in [5.41, 5.74) is 2.31. The number of nitrogens with zero attached hydrogens (tertiary/aromatic N) is 2. The Kier molecular flexibility index (Phi) is 4.53. The Morgan fingerprint density at radius 3 is 2.91 bits per heavy atom. The topological polar surface area (TPSA) is 59.0 Å². The molecule has 2 N–H and O–H groups in total. The fourth-order valence-corrected chi connectivity index (χ4v) is 2.65. The predicted octanol–water partition coefficient (Wildman–Crippen LogP) is 1.40. The van der Waals surface area contributed by atoms with Gasteiger partial charge in [0.25, 0.3) is 0 Å². The molecule has 1 aliphatic heterocycles. The lowest BCUT2D eigenvalue weighted by Crippen LogP contribution is -2.49. The minimum atomic E-state index is 0.0773. The number of amides is 1. The highest BCUT2D eigenvalue weighted by molar-refractivity contribution is 5.78. The molecule has 1 unspecified atom stereocenters. The van der Waals surface area contributed by atoms with Gasteiger partial charge in [-0.25, -0.2) is 0 Å². The number of nitrogens with one attached hydrogen (secondary N) is 2. The van der Waals surface area contributed by atoms with Crippen LogP contribution in [-0.2, 0) is 17.9 Å². The van der Waals surface area contributed by atoms with E-state index in [9.17, 15) is 4.79 Å². The van der Waals surface area contributed by atoms with Gasteiger partial charge in [-0.2, -0.15) is 5.10 Å². The van der Waals surface area contributed by atoms with Gasteiger partial charge in [0, 0.05) is 24.9 Å². The number of hydrogen-bond donors (Lipinski definition) is 2. The fourth-order valence-electron chi connectivity index (χ4n) is 2.65. The van der Waals surface area contributed by atoms with Gasteiger partial charge in [0.1, 0.15) is 0 Å². The molecule has 22 heavy (non-hydrogen) atoms.